The molecule has 2 heterocycles. The van der Waals surface area contributed by atoms with Crippen molar-refractivity contribution < 1.29 is 9.72 Å². The van der Waals surface area contributed by atoms with Crippen molar-refractivity contribution in [3.63, 3.8) is 0 Å². The molecule has 8 heteroatoms. The molecular weight excluding hydrogens is 346 g/mol. The van der Waals surface area contributed by atoms with Crippen LogP contribution in [0.2, 0.25) is 0 Å². The molecule has 2 aromatic rings. The Kier molecular flexibility index (Phi) is 4.56. The molecule has 0 spiro atoms. The number of aryl methyl sites for hydroxylation is 1. The van der Waals surface area contributed by atoms with Crippen LogP contribution < -0.4 is 5.32 Å². The lowest BCUT2D eigenvalue weighted by Crippen LogP contribution is -2.24. The number of thiophene rings is 1. The van der Waals surface area contributed by atoms with Gasteiger partial charge in [0.2, 0.25) is 0 Å². The predicted molar refractivity (Wildman–Crippen MR) is 79.9 cm³/mol. The lowest BCUT2D eigenvalue weighted by molar-refractivity contribution is -0.384. The van der Waals surface area contributed by atoms with Crippen molar-refractivity contribution in [1.82, 2.24) is 9.88 Å². The van der Waals surface area contributed by atoms with E-state index in [1.165, 1.54) is 23.6 Å². The summed E-state index contributed by atoms with van der Waals surface area (Å²) in [5, 5.41) is 13.5. The highest BCUT2D eigenvalue weighted by atomic mass is 79.9. The van der Waals surface area contributed by atoms with Gasteiger partial charge in [-0.05, 0) is 35.0 Å². The van der Waals surface area contributed by atoms with Crippen LogP contribution in [-0.2, 0) is 13.1 Å². The fourth-order valence-corrected chi connectivity index (χ4v) is 3.17. The Morgan fingerprint density at radius 3 is 2.85 bits per heavy atom. The van der Waals surface area contributed by atoms with Crippen LogP contribution in [0.1, 0.15) is 22.3 Å². The Morgan fingerprint density at radius 1 is 1.55 bits per heavy atom. The molecule has 20 heavy (non-hydrogen) atoms. The Labute approximate surface area is 127 Å². The molecule has 2 rings (SSSR count). The quantitative estimate of drug-likeness (QED) is 0.659. The molecular formula is C12H12BrN3O3S. The number of rotatable bonds is 5. The maximum Gasteiger partial charge on any atom is 0.287 e. The Bertz CT molecular complexity index is 650. The van der Waals surface area contributed by atoms with E-state index < -0.39 is 4.92 Å². The second-order valence-corrected chi connectivity index (χ2v) is 6.56. The summed E-state index contributed by atoms with van der Waals surface area (Å²) in [5.41, 5.74) is 0.227. The van der Waals surface area contributed by atoms with Gasteiger partial charge in [-0.2, -0.15) is 0 Å². The molecule has 0 aromatic carbocycles. The monoisotopic (exact) mass is 357 g/mol. The number of amides is 1. The van der Waals surface area contributed by atoms with Crippen molar-refractivity contribution in [2.45, 2.75) is 20.0 Å². The molecule has 106 valence electrons. The zero-order valence-electron chi connectivity index (χ0n) is 10.6. The van der Waals surface area contributed by atoms with E-state index in [1.807, 2.05) is 19.1 Å². The average molecular weight is 358 g/mol. The first kappa shape index (κ1) is 14.7. The third-order valence-corrected chi connectivity index (χ3v) is 4.34. The van der Waals surface area contributed by atoms with Crippen molar-refractivity contribution >= 4 is 38.9 Å². The average Bonchev–Trinajstić information content (AvgIpc) is 3.01. The lowest BCUT2D eigenvalue weighted by Gasteiger charge is -2.06. The van der Waals surface area contributed by atoms with Crippen LogP contribution in [0.15, 0.2) is 28.2 Å². The summed E-state index contributed by atoms with van der Waals surface area (Å²) in [6, 6.07) is 5.12. The van der Waals surface area contributed by atoms with Crippen LogP contribution in [-0.4, -0.2) is 15.4 Å². The number of carbonyl (C=O) groups excluding carboxylic acids is 1. The van der Waals surface area contributed by atoms with Gasteiger partial charge in [-0.15, -0.1) is 11.3 Å². The number of halogens is 1. The molecule has 0 aliphatic carbocycles. The van der Waals surface area contributed by atoms with Crippen LogP contribution >= 0.6 is 27.3 Å². The summed E-state index contributed by atoms with van der Waals surface area (Å²) in [4.78, 5) is 23.3. The van der Waals surface area contributed by atoms with E-state index in [2.05, 4.69) is 21.2 Å². The number of hydrogen-bond donors (Lipinski definition) is 1. The van der Waals surface area contributed by atoms with Crippen molar-refractivity contribution in [2.24, 2.45) is 0 Å². The maximum absolute atomic E-state index is 12.1. The van der Waals surface area contributed by atoms with Gasteiger partial charge >= 0.3 is 0 Å². The van der Waals surface area contributed by atoms with E-state index in [1.54, 1.807) is 4.57 Å². The minimum absolute atomic E-state index is 0.0733. The predicted octanol–water partition coefficient (Wildman–Crippen LogP) is 3.17. The summed E-state index contributed by atoms with van der Waals surface area (Å²) in [6.07, 6.45) is 1.37. The SMILES string of the molecule is CCn1cc([N+](=O)[O-])cc1C(=O)NCc1ccc(Br)s1. The number of nitro groups is 1. The molecule has 0 unspecified atom stereocenters. The Morgan fingerprint density at radius 2 is 2.30 bits per heavy atom. The van der Waals surface area contributed by atoms with Crippen LogP contribution in [0.25, 0.3) is 0 Å². The van der Waals surface area contributed by atoms with Crippen LogP contribution in [0.3, 0.4) is 0 Å². The third kappa shape index (κ3) is 3.26. The second kappa shape index (κ2) is 6.19. The zero-order valence-corrected chi connectivity index (χ0v) is 13.0. The van der Waals surface area contributed by atoms with Crippen LogP contribution in [0, 0.1) is 10.1 Å². The van der Waals surface area contributed by atoms with Gasteiger partial charge in [0.05, 0.1) is 21.5 Å². The largest absolute Gasteiger partial charge is 0.346 e. The van der Waals surface area contributed by atoms with Gasteiger partial charge < -0.3 is 9.88 Å². The maximum atomic E-state index is 12.1. The molecule has 0 saturated heterocycles. The van der Waals surface area contributed by atoms with E-state index in [-0.39, 0.29) is 11.6 Å². The van der Waals surface area contributed by atoms with Crippen molar-refractivity contribution in [3.05, 3.63) is 48.9 Å². The first-order valence-electron chi connectivity index (χ1n) is 5.88. The van der Waals surface area contributed by atoms with Crippen LogP contribution in [0.5, 0.6) is 0 Å². The summed E-state index contributed by atoms with van der Waals surface area (Å²) in [5.74, 6) is -0.315. The van der Waals surface area contributed by atoms with E-state index >= 15 is 0 Å². The van der Waals surface area contributed by atoms with E-state index in [0.29, 0.717) is 18.8 Å². The highest BCUT2D eigenvalue weighted by Gasteiger charge is 2.18. The molecule has 0 bridgehead atoms. The van der Waals surface area contributed by atoms with Crippen molar-refractivity contribution in [2.75, 3.05) is 0 Å². The van der Waals surface area contributed by atoms with Gasteiger partial charge in [0.25, 0.3) is 11.6 Å². The fourth-order valence-electron chi connectivity index (χ4n) is 1.75. The first-order chi connectivity index (χ1) is 9.51. The molecule has 0 saturated carbocycles. The Balaban J connectivity index is 2.10. The molecule has 0 aliphatic heterocycles. The third-order valence-electron chi connectivity index (χ3n) is 2.72. The zero-order chi connectivity index (χ0) is 14.7. The fraction of sp³-hybridized carbons (Fsp3) is 0.250. The smallest absolute Gasteiger partial charge is 0.287 e. The highest BCUT2D eigenvalue weighted by Crippen LogP contribution is 2.22. The minimum atomic E-state index is -0.501. The summed E-state index contributed by atoms with van der Waals surface area (Å²) < 4.78 is 2.56. The molecule has 0 fully saturated rings. The van der Waals surface area contributed by atoms with Gasteiger partial charge in [-0.25, -0.2) is 0 Å². The molecule has 0 aliphatic rings. The molecule has 1 amide bonds. The number of nitrogens with one attached hydrogen (secondary N) is 1. The molecule has 0 atom stereocenters. The van der Waals surface area contributed by atoms with E-state index in [0.717, 1.165) is 8.66 Å². The topological polar surface area (TPSA) is 77.2 Å². The van der Waals surface area contributed by atoms with Gasteiger partial charge in [0.15, 0.2) is 0 Å². The number of carbonyl (C=O) groups is 1. The molecule has 0 radical (unpaired) electrons. The summed E-state index contributed by atoms with van der Waals surface area (Å²) >= 11 is 4.88. The summed E-state index contributed by atoms with van der Waals surface area (Å²) in [6.45, 7) is 2.73. The summed E-state index contributed by atoms with van der Waals surface area (Å²) in [7, 11) is 0. The highest BCUT2D eigenvalue weighted by molar-refractivity contribution is 9.11. The molecule has 6 nitrogen and oxygen atoms in total. The minimum Gasteiger partial charge on any atom is -0.346 e. The van der Waals surface area contributed by atoms with Gasteiger partial charge in [-0.3, -0.25) is 14.9 Å². The normalized spacial score (nSPS) is 10.5. The Hall–Kier alpha value is -1.67. The van der Waals surface area contributed by atoms with Gasteiger partial charge in [0, 0.05) is 17.5 Å². The van der Waals surface area contributed by atoms with Crippen molar-refractivity contribution in [3.8, 4) is 0 Å². The number of hydrogen-bond acceptors (Lipinski definition) is 4. The van der Waals surface area contributed by atoms with Crippen LogP contribution in [0.4, 0.5) is 5.69 Å². The van der Waals surface area contributed by atoms with E-state index in [4.69, 9.17) is 0 Å². The first-order valence-corrected chi connectivity index (χ1v) is 7.49. The van der Waals surface area contributed by atoms with E-state index in [9.17, 15) is 14.9 Å². The molecule has 1 N–H and O–H groups in total. The van der Waals surface area contributed by atoms with Crippen molar-refractivity contribution in [1.29, 1.82) is 0 Å². The second-order valence-electron chi connectivity index (χ2n) is 4.02. The van der Waals surface area contributed by atoms with Gasteiger partial charge in [-0.1, -0.05) is 0 Å². The molecule has 2 aromatic heterocycles. The lowest BCUT2D eigenvalue weighted by atomic mass is 10.3. The standard InChI is InChI=1S/C12H12BrN3O3S/c1-2-15-7-8(16(18)19)5-10(15)12(17)14-6-9-3-4-11(13)20-9/h3-5,7H,2,6H2,1H3,(H,14,17). The number of nitrogens with zero attached hydrogens (tertiary/aromatic N) is 2. The van der Waals surface area contributed by atoms with Gasteiger partial charge in [0.1, 0.15) is 5.69 Å². The number of aromatic nitrogens is 1.